The van der Waals surface area contributed by atoms with Gasteiger partial charge in [-0.15, -0.1) is 11.6 Å². The van der Waals surface area contributed by atoms with Crippen LogP contribution in [0.25, 0.3) is 0 Å². The van der Waals surface area contributed by atoms with Crippen LogP contribution < -0.4 is 0 Å². The molecule has 48 valence electrons. The Morgan fingerprint density at radius 3 is 2.62 bits per heavy atom. The van der Waals surface area contributed by atoms with Gasteiger partial charge in [-0.1, -0.05) is 6.92 Å². The van der Waals surface area contributed by atoms with Crippen molar-refractivity contribution in [1.82, 2.24) is 0 Å². The minimum Gasteiger partial charge on any atom is -0.299 e. The molecule has 0 fully saturated rings. The second-order valence-electron chi connectivity index (χ2n) is 1.29. The highest BCUT2D eigenvalue weighted by Crippen LogP contribution is 2.01. The molecular formula is C4H7ClO3. The Bertz CT molecular complexity index is 83.4. The van der Waals surface area contributed by atoms with E-state index in [-0.39, 0.29) is 0 Å². The molecule has 0 aromatic rings. The van der Waals surface area contributed by atoms with Gasteiger partial charge in [0, 0.05) is 0 Å². The van der Waals surface area contributed by atoms with Gasteiger partial charge in [0.05, 0.1) is 0 Å². The average Bonchev–Trinajstić information content (AvgIpc) is 1.84. The molecule has 0 aromatic carbocycles. The van der Waals surface area contributed by atoms with Gasteiger partial charge >= 0.3 is 5.97 Å². The quantitative estimate of drug-likeness (QED) is 0.352. The van der Waals surface area contributed by atoms with Gasteiger partial charge in [-0.25, -0.2) is 4.79 Å². The van der Waals surface area contributed by atoms with Crippen LogP contribution in [0.4, 0.5) is 0 Å². The number of carbonyl (C=O) groups is 1. The number of hydrogen-bond acceptors (Lipinski definition) is 3. The van der Waals surface area contributed by atoms with Crippen molar-refractivity contribution in [2.45, 2.75) is 18.7 Å². The number of carbonyl (C=O) groups excluding carboxylic acids is 1. The zero-order valence-corrected chi connectivity index (χ0v) is 5.18. The summed E-state index contributed by atoms with van der Waals surface area (Å²) in [6.07, 6.45) is 0.459. The maximum Gasteiger partial charge on any atom is 0.359 e. The Balaban J connectivity index is 3.46. The third kappa shape index (κ3) is 2.14. The second kappa shape index (κ2) is 3.69. The molecule has 0 bridgehead atoms. The molecule has 3 nitrogen and oxygen atoms in total. The zero-order valence-electron chi connectivity index (χ0n) is 4.43. The second-order valence-corrected chi connectivity index (χ2v) is 1.81. The van der Waals surface area contributed by atoms with Crippen LogP contribution in [0.3, 0.4) is 0 Å². The van der Waals surface area contributed by atoms with E-state index in [1.807, 2.05) is 0 Å². The minimum absolute atomic E-state index is 0.459. The van der Waals surface area contributed by atoms with Crippen molar-refractivity contribution in [3.8, 4) is 0 Å². The fraction of sp³-hybridized carbons (Fsp3) is 0.750. The van der Waals surface area contributed by atoms with Gasteiger partial charge in [-0.2, -0.15) is 5.26 Å². The van der Waals surface area contributed by atoms with Crippen molar-refractivity contribution in [3.63, 3.8) is 0 Å². The lowest BCUT2D eigenvalue weighted by Gasteiger charge is -1.97. The molecule has 0 aliphatic carbocycles. The lowest BCUT2D eigenvalue weighted by Crippen LogP contribution is -2.14. The first-order chi connectivity index (χ1) is 3.72. The van der Waals surface area contributed by atoms with Crippen LogP contribution in [0, 0.1) is 0 Å². The highest BCUT2D eigenvalue weighted by Gasteiger charge is 2.13. The molecule has 0 aliphatic heterocycles. The molecule has 8 heavy (non-hydrogen) atoms. The van der Waals surface area contributed by atoms with Crippen LogP contribution in [0.1, 0.15) is 13.3 Å². The fourth-order valence-corrected chi connectivity index (χ4v) is 0.264. The summed E-state index contributed by atoms with van der Waals surface area (Å²) in [5, 5.41) is 6.98. The number of alkyl halides is 1. The molecule has 0 radical (unpaired) electrons. The smallest absolute Gasteiger partial charge is 0.299 e. The topological polar surface area (TPSA) is 46.5 Å². The van der Waals surface area contributed by atoms with Crippen molar-refractivity contribution >= 4 is 17.6 Å². The summed E-state index contributed by atoms with van der Waals surface area (Å²) in [4.78, 5) is 13.5. The van der Waals surface area contributed by atoms with Crippen molar-refractivity contribution < 1.29 is 14.9 Å². The highest BCUT2D eigenvalue weighted by atomic mass is 35.5. The number of hydrogen-bond donors (Lipinski definition) is 1. The Labute approximate surface area is 52.1 Å². The first-order valence-electron chi connectivity index (χ1n) is 2.21. The molecule has 0 aliphatic rings. The third-order valence-corrected chi connectivity index (χ3v) is 1.19. The van der Waals surface area contributed by atoms with E-state index < -0.39 is 11.3 Å². The molecule has 0 heterocycles. The molecule has 1 N–H and O–H groups in total. The van der Waals surface area contributed by atoms with Gasteiger partial charge in [0.25, 0.3) is 0 Å². The summed E-state index contributed by atoms with van der Waals surface area (Å²) in [6, 6.07) is 0. The summed E-state index contributed by atoms with van der Waals surface area (Å²) < 4.78 is 0. The molecular weight excluding hydrogens is 131 g/mol. The van der Waals surface area contributed by atoms with Gasteiger partial charge < -0.3 is 0 Å². The van der Waals surface area contributed by atoms with Crippen molar-refractivity contribution in [3.05, 3.63) is 0 Å². The molecule has 0 rings (SSSR count). The molecule has 0 spiro atoms. The SMILES string of the molecule is CCC(Cl)C(=O)OO. The van der Waals surface area contributed by atoms with Crippen LogP contribution in [0.2, 0.25) is 0 Å². The van der Waals surface area contributed by atoms with E-state index in [1.54, 1.807) is 6.92 Å². The van der Waals surface area contributed by atoms with E-state index in [1.165, 1.54) is 0 Å². The highest BCUT2D eigenvalue weighted by molar-refractivity contribution is 6.29. The molecule has 4 heteroatoms. The monoisotopic (exact) mass is 138 g/mol. The Hall–Kier alpha value is -0.280. The Morgan fingerprint density at radius 1 is 2.00 bits per heavy atom. The largest absolute Gasteiger partial charge is 0.359 e. The summed E-state index contributed by atoms with van der Waals surface area (Å²) >= 11 is 5.28. The van der Waals surface area contributed by atoms with Gasteiger partial charge in [0.1, 0.15) is 5.38 Å². The average molecular weight is 139 g/mol. The molecule has 0 amide bonds. The van der Waals surface area contributed by atoms with Gasteiger partial charge in [-0.05, 0) is 6.42 Å². The molecule has 0 aromatic heterocycles. The lowest BCUT2D eigenvalue weighted by molar-refractivity contribution is -0.233. The van der Waals surface area contributed by atoms with E-state index >= 15 is 0 Å². The summed E-state index contributed by atoms with van der Waals surface area (Å²) in [5.41, 5.74) is 0. The van der Waals surface area contributed by atoms with Crippen LogP contribution in [0.15, 0.2) is 0 Å². The minimum atomic E-state index is -0.797. The first-order valence-corrected chi connectivity index (χ1v) is 2.65. The zero-order chi connectivity index (χ0) is 6.57. The number of halogens is 1. The van der Waals surface area contributed by atoms with Gasteiger partial charge in [0.2, 0.25) is 0 Å². The van der Waals surface area contributed by atoms with E-state index in [0.29, 0.717) is 6.42 Å². The predicted molar refractivity (Wildman–Crippen MR) is 28.7 cm³/mol. The maximum absolute atomic E-state index is 10.1. The fourth-order valence-electron chi connectivity index (χ4n) is 0.224. The Morgan fingerprint density at radius 2 is 2.50 bits per heavy atom. The first kappa shape index (κ1) is 7.72. The summed E-state index contributed by atoms with van der Waals surface area (Å²) in [7, 11) is 0. The molecule has 0 saturated carbocycles. The summed E-state index contributed by atoms with van der Waals surface area (Å²) in [6.45, 7) is 1.72. The normalized spacial score (nSPS) is 12.9. The van der Waals surface area contributed by atoms with E-state index in [0.717, 1.165) is 0 Å². The standard InChI is InChI=1S/C4H7ClO3/c1-2-3(5)4(6)8-7/h3,7H,2H2,1H3. The molecule has 0 saturated heterocycles. The van der Waals surface area contributed by atoms with E-state index in [2.05, 4.69) is 4.89 Å². The van der Waals surface area contributed by atoms with Crippen LogP contribution in [-0.2, 0) is 9.68 Å². The van der Waals surface area contributed by atoms with Crippen LogP contribution in [-0.4, -0.2) is 16.6 Å². The molecule has 1 unspecified atom stereocenters. The third-order valence-electron chi connectivity index (χ3n) is 0.704. The van der Waals surface area contributed by atoms with Crippen molar-refractivity contribution in [2.75, 3.05) is 0 Å². The van der Waals surface area contributed by atoms with Crippen LogP contribution in [0.5, 0.6) is 0 Å². The summed E-state index contributed by atoms with van der Waals surface area (Å²) in [5.74, 6) is -0.797. The van der Waals surface area contributed by atoms with Gasteiger partial charge in [0.15, 0.2) is 0 Å². The maximum atomic E-state index is 10.1. The lowest BCUT2D eigenvalue weighted by atomic mass is 10.3. The van der Waals surface area contributed by atoms with Gasteiger partial charge in [-0.3, -0.25) is 4.89 Å². The molecule has 1 atom stereocenters. The van der Waals surface area contributed by atoms with Crippen LogP contribution >= 0.6 is 11.6 Å². The van der Waals surface area contributed by atoms with Crippen molar-refractivity contribution in [2.24, 2.45) is 0 Å². The number of rotatable bonds is 2. The van der Waals surface area contributed by atoms with E-state index in [4.69, 9.17) is 16.9 Å². The predicted octanol–water partition coefficient (Wildman–Crippen LogP) is 1.02. The van der Waals surface area contributed by atoms with E-state index in [9.17, 15) is 4.79 Å². The van der Waals surface area contributed by atoms with Crippen molar-refractivity contribution in [1.29, 1.82) is 0 Å². The Kier molecular flexibility index (Phi) is 3.56.